The summed E-state index contributed by atoms with van der Waals surface area (Å²) in [5.41, 5.74) is 0. The van der Waals surface area contributed by atoms with Gasteiger partial charge in [0.1, 0.15) is 5.78 Å². The van der Waals surface area contributed by atoms with Crippen molar-refractivity contribution in [2.45, 2.75) is 45.3 Å². The molecule has 1 aliphatic heterocycles. The van der Waals surface area contributed by atoms with Crippen molar-refractivity contribution >= 4 is 5.78 Å². The van der Waals surface area contributed by atoms with E-state index in [1.807, 2.05) is 13.8 Å². The number of aliphatic hydroxyl groups is 1. The molecule has 3 heteroatoms. The van der Waals surface area contributed by atoms with Crippen molar-refractivity contribution in [2.24, 2.45) is 0 Å². The Kier molecular flexibility index (Phi) is 3.88. The molecule has 1 aliphatic rings. The fraction of sp³-hybridized carbons (Fsp3) is 0.900. The minimum Gasteiger partial charge on any atom is -0.393 e. The van der Waals surface area contributed by atoms with Crippen LogP contribution in [0.5, 0.6) is 0 Å². The summed E-state index contributed by atoms with van der Waals surface area (Å²) in [6.45, 7) is 5.57. The summed E-state index contributed by atoms with van der Waals surface area (Å²) in [5.74, 6) is 0.302. The van der Waals surface area contributed by atoms with Crippen LogP contribution in [-0.4, -0.2) is 41.0 Å². The summed E-state index contributed by atoms with van der Waals surface area (Å²) in [7, 11) is 0. The highest BCUT2D eigenvalue weighted by molar-refractivity contribution is 5.83. The van der Waals surface area contributed by atoms with Gasteiger partial charge in [-0.2, -0.15) is 0 Å². The molecule has 1 N–H and O–H groups in total. The van der Waals surface area contributed by atoms with Crippen LogP contribution in [0.2, 0.25) is 0 Å². The Balaban J connectivity index is 2.39. The summed E-state index contributed by atoms with van der Waals surface area (Å²) in [5, 5.41) is 9.29. The molecule has 1 rings (SSSR count). The minimum absolute atomic E-state index is 0.0394. The van der Waals surface area contributed by atoms with Crippen LogP contribution in [0.4, 0.5) is 0 Å². The van der Waals surface area contributed by atoms with E-state index in [2.05, 4.69) is 4.90 Å². The fourth-order valence-corrected chi connectivity index (χ4v) is 1.77. The van der Waals surface area contributed by atoms with Gasteiger partial charge in [0.2, 0.25) is 0 Å². The van der Waals surface area contributed by atoms with E-state index in [-0.39, 0.29) is 12.1 Å². The molecule has 0 aliphatic carbocycles. The Morgan fingerprint density at radius 2 is 2.08 bits per heavy atom. The van der Waals surface area contributed by atoms with Crippen molar-refractivity contribution < 1.29 is 9.90 Å². The summed E-state index contributed by atoms with van der Waals surface area (Å²) in [4.78, 5) is 13.6. The predicted molar refractivity (Wildman–Crippen MR) is 51.6 cm³/mol. The van der Waals surface area contributed by atoms with Gasteiger partial charge in [-0.3, -0.25) is 9.69 Å². The van der Waals surface area contributed by atoms with E-state index in [9.17, 15) is 9.90 Å². The first-order valence-electron chi connectivity index (χ1n) is 5.10. The van der Waals surface area contributed by atoms with E-state index in [1.54, 1.807) is 0 Å². The third-order valence-corrected chi connectivity index (χ3v) is 2.86. The Morgan fingerprint density at radius 3 is 2.54 bits per heavy atom. The summed E-state index contributed by atoms with van der Waals surface area (Å²) in [6, 6.07) is 0.0394. The zero-order chi connectivity index (χ0) is 9.84. The number of piperidine rings is 1. The van der Waals surface area contributed by atoms with Gasteiger partial charge in [0.25, 0.3) is 0 Å². The molecule has 0 aromatic carbocycles. The number of hydrogen-bond donors (Lipinski definition) is 1. The van der Waals surface area contributed by atoms with Gasteiger partial charge in [-0.25, -0.2) is 0 Å². The highest BCUT2D eigenvalue weighted by Crippen LogP contribution is 2.13. The lowest BCUT2D eigenvalue weighted by molar-refractivity contribution is -0.124. The van der Waals surface area contributed by atoms with Gasteiger partial charge >= 0.3 is 0 Å². The maximum atomic E-state index is 11.4. The van der Waals surface area contributed by atoms with Crippen LogP contribution in [-0.2, 0) is 4.79 Å². The van der Waals surface area contributed by atoms with Crippen LogP contribution in [0.1, 0.15) is 33.1 Å². The number of nitrogens with zero attached hydrogens (tertiary/aromatic N) is 1. The van der Waals surface area contributed by atoms with E-state index in [0.717, 1.165) is 25.9 Å². The van der Waals surface area contributed by atoms with Crippen molar-refractivity contribution in [1.29, 1.82) is 0 Å². The van der Waals surface area contributed by atoms with E-state index >= 15 is 0 Å². The second-order valence-corrected chi connectivity index (χ2v) is 3.76. The van der Waals surface area contributed by atoms with Gasteiger partial charge in [-0.15, -0.1) is 0 Å². The fourth-order valence-electron chi connectivity index (χ4n) is 1.77. The van der Waals surface area contributed by atoms with E-state index in [4.69, 9.17) is 0 Å². The molecular weight excluding hydrogens is 166 g/mol. The first-order chi connectivity index (χ1) is 6.15. The van der Waals surface area contributed by atoms with Crippen molar-refractivity contribution in [3.05, 3.63) is 0 Å². The Bertz CT molecular complexity index is 174. The number of Topliss-reactive ketones (excluding diaryl/α,β-unsaturated/α-hetero) is 1. The molecule has 1 unspecified atom stereocenters. The summed E-state index contributed by atoms with van der Waals surface area (Å²) in [6.07, 6.45) is 2.07. The third-order valence-electron chi connectivity index (χ3n) is 2.86. The maximum absolute atomic E-state index is 11.4. The number of carbonyl (C=O) groups excluding carboxylic acids is 1. The molecule has 1 heterocycles. The minimum atomic E-state index is -0.153. The second-order valence-electron chi connectivity index (χ2n) is 3.76. The molecule has 76 valence electrons. The molecule has 0 amide bonds. The molecule has 1 fully saturated rings. The van der Waals surface area contributed by atoms with Crippen LogP contribution in [0.3, 0.4) is 0 Å². The molecule has 1 atom stereocenters. The van der Waals surface area contributed by atoms with E-state index < -0.39 is 0 Å². The smallest absolute Gasteiger partial charge is 0.149 e. The largest absolute Gasteiger partial charge is 0.393 e. The predicted octanol–water partition coefficient (Wildman–Crippen LogP) is 0.811. The lowest BCUT2D eigenvalue weighted by atomic mass is 10.0. The monoisotopic (exact) mass is 185 g/mol. The van der Waals surface area contributed by atoms with Crippen LogP contribution in [0, 0.1) is 0 Å². The second kappa shape index (κ2) is 4.72. The van der Waals surface area contributed by atoms with Gasteiger partial charge in [-0.05, 0) is 19.8 Å². The Morgan fingerprint density at radius 1 is 1.54 bits per heavy atom. The van der Waals surface area contributed by atoms with Gasteiger partial charge in [0, 0.05) is 19.5 Å². The molecule has 1 saturated heterocycles. The highest BCUT2D eigenvalue weighted by Gasteiger charge is 2.24. The summed E-state index contributed by atoms with van der Waals surface area (Å²) >= 11 is 0. The SMILES string of the molecule is CCC(=O)C(C)N1CCC(O)CC1. The molecule has 0 aromatic heterocycles. The van der Waals surface area contributed by atoms with Crippen LogP contribution in [0.25, 0.3) is 0 Å². The zero-order valence-corrected chi connectivity index (χ0v) is 8.49. The van der Waals surface area contributed by atoms with Crippen LogP contribution >= 0.6 is 0 Å². The van der Waals surface area contributed by atoms with Crippen molar-refractivity contribution in [2.75, 3.05) is 13.1 Å². The van der Waals surface area contributed by atoms with E-state index in [1.165, 1.54) is 0 Å². The number of likely N-dealkylation sites (tertiary alicyclic amines) is 1. The molecule has 13 heavy (non-hydrogen) atoms. The number of rotatable bonds is 3. The molecule has 0 radical (unpaired) electrons. The maximum Gasteiger partial charge on any atom is 0.149 e. The number of carbonyl (C=O) groups is 1. The molecule has 0 saturated carbocycles. The quantitative estimate of drug-likeness (QED) is 0.707. The standard InChI is InChI=1S/C10H19NO2/c1-3-10(13)8(2)11-6-4-9(12)5-7-11/h8-9,12H,3-7H2,1-2H3. The molecule has 0 spiro atoms. The number of aliphatic hydroxyl groups excluding tert-OH is 1. The van der Waals surface area contributed by atoms with Gasteiger partial charge in [-0.1, -0.05) is 6.92 Å². The van der Waals surface area contributed by atoms with Crippen LogP contribution in [0.15, 0.2) is 0 Å². The molecule has 3 nitrogen and oxygen atoms in total. The third kappa shape index (κ3) is 2.78. The van der Waals surface area contributed by atoms with Crippen molar-refractivity contribution in [3.8, 4) is 0 Å². The van der Waals surface area contributed by atoms with E-state index in [0.29, 0.717) is 12.2 Å². The Hall–Kier alpha value is -0.410. The number of hydrogen-bond acceptors (Lipinski definition) is 3. The van der Waals surface area contributed by atoms with Gasteiger partial charge < -0.3 is 5.11 Å². The first kappa shape index (κ1) is 10.7. The van der Waals surface area contributed by atoms with Crippen LogP contribution < -0.4 is 0 Å². The summed E-state index contributed by atoms with van der Waals surface area (Å²) < 4.78 is 0. The van der Waals surface area contributed by atoms with Gasteiger partial charge in [0.15, 0.2) is 0 Å². The lowest BCUT2D eigenvalue weighted by Gasteiger charge is -2.33. The lowest BCUT2D eigenvalue weighted by Crippen LogP contribution is -2.44. The molecular formula is C10H19NO2. The first-order valence-corrected chi connectivity index (χ1v) is 5.10. The Labute approximate surface area is 79.7 Å². The van der Waals surface area contributed by atoms with Crippen molar-refractivity contribution in [1.82, 2.24) is 4.90 Å². The average Bonchev–Trinajstić information content (AvgIpc) is 2.17. The molecule has 0 aromatic rings. The van der Waals surface area contributed by atoms with Crippen molar-refractivity contribution in [3.63, 3.8) is 0 Å². The average molecular weight is 185 g/mol. The van der Waals surface area contributed by atoms with Gasteiger partial charge in [0.05, 0.1) is 12.1 Å². The molecule has 0 bridgehead atoms. The topological polar surface area (TPSA) is 40.5 Å². The number of ketones is 1. The zero-order valence-electron chi connectivity index (χ0n) is 8.49. The highest BCUT2D eigenvalue weighted by atomic mass is 16.3. The normalized spacial score (nSPS) is 23.0.